The van der Waals surface area contributed by atoms with Gasteiger partial charge in [-0.2, -0.15) is 0 Å². The largest absolute Gasteiger partial charge is 0.462 e. The molecule has 0 unspecified atom stereocenters. The maximum absolute atomic E-state index is 15.3. The third-order valence-corrected chi connectivity index (χ3v) is 25.9. The summed E-state index contributed by atoms with van der Waals surface area (Å²) in [5.41, 5.74) is 7.23. The first-order chi connectivity index (χ1) is 39.8. The fraction of sp³-hybridized carbons (Fsp3) is 0.507. The molecule has 0 radical (unpaired) electrons. The van der Waals surface area contributed by atoms with Crippen LogP contribution in [-0.4, -0.2) is 75.8 Å². The number of amides is 1. The summed E-state index contributed by atoms with van der Waals surface area (Å²) in [7, 11) is -4.24. The average molecular weight is 1280 g/mol. The van der Waals surface area contributed by atoms with Gasteiger partial charge in [-0.05, 0) is 152 Å². The van der Waals surface area contributed by atoms with E-state index in [4.69, 9.17) is 52.0 Å². The molecule has 20 heteroatoms. The van der Waals surface area contributed by atoms with E-state index in [0.29, 0.717) is 57.4 Å². The molecular weight excluding hydrogens is 1190 g/mol. The number of nitrogens with two attached hydrogens (primary N) is 1. The highest BCUT2D eigenvalue weighted by molar-refractivity contribution is 6.74. The molecule has 2 heterocycles. The Morgan fingerprint density at radius 3 is 1.32 bits per heavy atom. The lowest BCUT2D eigenvalue weighted by molar-refractivity contribution is 0.0513. The smallest absolute Gasteiger partial charge is 0.412 e. The Bertz CT molecular complexity index is 3640. The molecule has 476 valence electrons. The van der Waals surface area contributed by atoms with Gasteiger partial charge in [-0.1, -0.05) is 118 Å². The van der Waals surface area contributed by atoms with Crippen molar-refractivity contribution in [3.63, 3.8) is 0 Å². The van der Waals surface area contributed by atoms with Crippen molar-refractivity contribution >= 4 is 91.0 Å². The van der Waals surface area contributed by atoms with Crippen molar-refractivity contribution in [1.82, 2.24) is 9.13 Å². The van der Waals surface area contributed by atoms with Crippen LogP contribution >= 0.6 is 23.2 Å². The number of anilines is 2. The van der Waals surface area contributed by atoms with Gasteiger partial charge >= 0.3 is 18.0 Å². The summed E-state index contributed by atoms with van der Waals surface area (Å²) in [6.07, 6.45) is 2.72. The van der Waals surface area contributed by atoms with E-state index in [9.17, 15) is 28.4 Å². The van der Waals surface area contributed by atoms with Gasteiger partial charge in [0.05, 0.1) is 59.6 Å². The zero-order valence-electron chi connectivity index (χ0n) is 54.9. The van der Waals surface area contributed by atoms with E-state index < -0.39 is 62.8 Å². The molecule has 0 saturated heterocycles. The molecule has 6 aromatic rings. The van der Waals surface area contributed by atoms with Gasteiger partial charge in [0.1, 0.15) is 28.4 Å². The number of benzene rings is 4. The van der Waals surface area contributed by atoms with Crippen LogP contribution in [0.4, 0.5) is 25.0 Å². The number of ether oxygens (including phenoxy) is 3. The zero-order valence-corrected chi connectivity index (χ0v) is 58.4. The molecule has 0 aliphatic carbocycles. The van der Waals surface area contributed by atoms with Crippen molar-refractivity contribution in [2.75, 3.05) is 37.5 Å². The lowest BCUT2D eigenvalue weighted by Crippen LogP contribution is -2.43. The summed E-state index contributed by atoms with van der Waals surface area (Å²) in [4.78, 5) is 65.9. The predicted octanol–water partition coefficient (Wildman–Crippen LogP) is 17.3. The molecule has 0 fully saturated rings. The van der Waals surface area contributed by atoms with Crippen molar-refractivity contribution in [3.8, 4) is 0 Å². The summed E-state index contributed by atoms with van der Waals surface area (Å²) in [5, 5.41) is 3.03. The standard InChI is InChI=1S/C36H50ClFN2O6Si.C31H42ClFN2O4Si/c1-13-44-32(42)26-20-40(29(34(2,3)4)21-45-47(11,12)36(8,9)10)28-15-14-22(17-25(28)31(26)41)16-23-18-24(19-27(37)30(23)38)39-33(43)46-35(5,6)7;1-10-38-29(37)23-17-35(26(30(2,3)4)18-39-40(8,9)31(5,6)7)25-12-11-19(14-22(25)28(23)36)13-20-15-21(34)16-24(32)27(20)33/h14-15,17-20,29H,13,16,21H2,1-12H3,(H,39,43);11-12,14-17,26H,10,13,18,34H2,1-9H3/t29-;26-/m11/s1. The Balaban J connectivity index is 0.000000321. The third-order valence-electron chi connectivity index (χ3n) is 16.3. The van der Waals surface area contributed by atoms with Gasteiger partial charge < -0.3 is 37.9 Å². The van der Waals surface area contributed by atoms with Crippen LogP contribution in [0.1, 0.15) is 173 Å². The number of hydrogen-bond acceptors (Lipinski definition) is 11. The van der Waals surface area contributed by atoms with Crippen molar-refractivity contribution < 1.29 is 46.2 Å². The number of nitrogens with one attached hydrogen (secondary N) is 1. The monoisotopic (exact) mass is 1280 g/mol. The Labute approximate surface area is 525 Å². The molecule has 2 aromatic heterocycles. The number of aromatic nitrogens is 2. The second-order valence-corrected chi connectivity index (χ2v) is 38.9. The summed E-state index contributed by atoms with van der Waals surface area (Å²) in [6, 6.07) is 16.0. The first kappa shape index (κ1) is 71.9. The van der Waals surface area contributed by atoms with Crippen molar-refractivity contribution in [2.45, 2.75) is 184 Å². The minimum absolute atomic E-state index is 0.00998. The number of carbonyl (C=O) groups is 3. The Hall–Kier alpha value is -5.90. The van der Waals surface area contributed by atoms with E-state index in [2.05, 4.69) is 115 Å². The minimum atomic E-state index is -2.14. The van der Waals surface area contributed by atoms with E-state index in [-0.39, 0.29) is 91.5 Å². The first-order valence-corrected chi connectivity index (χ1v) is 36.1. The predicted molar refractivity (Wildman–Crippen MR) is 354 cm³/mol. The van der Waals surface area contributed by atoms with Gasteiger partial charge in [-0.25, -0.2) is 23.2 Å². The molecule has 6 rings (SSSR count). The highest BCUT2D eigenvalue weighted by atomic mass is 35.5. The Morgan fingerprint density at radius 1 is 0.586 bits per heavy atom. The number of halogens is 4. The fourth-order valence-electron chi connectivity index (χ4n) is 9.26. The van der Waals surface area contributed by atoms with E-state index >= 15 is 4.39 Å². The molecule has 1 amide bonds. The number of nitrogen functional groups attached to an aromatic ring is 1. The van der Waals surface area contributed by atoms with Crippen LogP contribution in [0.2, 0.25) is 46.3 Å². The molecule has 0 spiro atoms. The minimum Gasteiger partial charge on any atom is -0.462 e. The summed E-state index contributed by atoms with van der Waals surface area (Å²) in [6.45, 7) is 44.2. The van der Waals surface area contributed by atoms with Crippen LogP contribution in [0.3, 0.4) is 0 Å². The molecule has 4 aromatic carbocycles. The van der Waals surface area contributed by atoms with E-state index in [1.807, 2.05) is 33.4 Å². The van der Waals surface area contributed by atoms with Crippen LogP contribution in [0, 0.1) is 22.5 Å². The number of pyridine rings is 2. The molecule has 0 bridgehead atoms. The van der Waals surface area contributed by atoms with Gasteiger partial charge in [0.2, 0.25) is 10.9 Å². The van der Waals surface area contributed by atoms with Gasteiger partial charge in [-0.3, -0.25) is 14.9 Å². The van der Waals surface area contributed by atoms with Crippen LogP contribution < -0.4 is 21.9 Å². The fourth-order valence-corrected chi connectivity index (χ4v) is 11.8. The summed E-state index contributed by atoms with van der Waals surface area (Å²) < 4.78 is 63.1. The van der Waals surface area contributed by atoms with Crippen molar-refractivity contribution in [2.24, 2.45) is 10.8 Å². The highest BCUT2D eigenvalue weighted by Gasteiger charge is 2.41. The lowest BCUT2D eigenvalue weighted by atomic mass is 9.86. The topological polar surface area (TPSA) is 179 Å². The quantitative estimate of drug-likeness (QED) is 0.0384. The first-order valence-electron chi connectivity index (χ1n) is 29.5. The molecule has 0 aliphatic rings. The Kier molecular flexibility index (Phi) is 22.7. The van der Waals surface area contributed by atoms with Gasteiger partial charge in [-0.15, -0.1) is 0 Å². The number of nitrogens with zero attached hydrogens (tertiary/aromatic N) is 2. The molecular formula is C67H92Cl2F2N4O10Si2. The van der Waals surface area contributed by atoms with Gasteiger partial charge in [0.15, 0.2) is 16.6 Å². The van der Waals surface area contributed by atoms with E-state index in [0.717, 1.165) is 0 Å². The van der Waals surface area contributed by atoms with Gasteiger partial charge in [0, 0.05) is 47.4 Å². The number of hydrogen-bond donors (Lipinski definition) is 2. The van der Waals surface area contributed by atoms with Crippen LogP contribution in [0.15, 0.2) is 82.6 Å². The lowest BCUT2D eigenvalue weighted by Gasteiger charge is -2.40. The SMILES string of the molecule is CCOC(=O)c1cn([C@H](CO[Si](C)(C)C(C)(C)C)C(C)(C)C)c2ccc(Cc3cc(N)cc(Cl)c3F)cc2c1=O.CCOC(=O)c1cn([C@H](CO[Si](C)(C)C(C)(C)C)C(C)(C)C)c2ccc(Cc3cc(NC(=O)OC(C)(C)C)cc(Cl)c3F)cc2c1=O. The Morgan fingerprint density at radius 2 is 0.966 bits per heavy atom. The van der Waals surface area contributed by atoms with Gasteiger partial charge in [0.25, 0.3) is 0 Å². The van der Waals surface area contributed by atoms with Crippen LogP contribution in [0.25, 0.3) is 21.8 Å². The molecule has 2 atom stereocenters. The molecule has 14 nitrogen and oxygen atoms in total. The van der Waals surface area contributed by atoms with E-state index in [1.54, 1.807) is 59.1 Å². The summed E-state index contributed by atoms with van der Waals surface area (Å²) in [5.74, 6) is -2.59. The highest BCUT2D eigenvalue weighted by Crippen LogP contribution is 2.42. The molecule has 0 saturated carbocycles. The second-order valence-electron chi connectivity index (χ2n) is 28.5. The number of carbonyl (C=O) groups excluding carboxylic acids is 3. The number of rotatable bonds is 17. The average Bonchev–Trinajstić information content (AvgIpc) is 0.824. The maximum Gasteiger partial charge on any atom is 0.412 e. The number of fused-ring (bicyclic) bond motifs is 2. The third kappa shape index (κ3) is 17.9. The second kappa shape index (κ2) is 27.5. The zero-order chi connectivity index (χ0) is 65.9. The normalized spacial score (nSPS) is 13.4. The maximum atomic E-state index is 15.3. The molecule has 87 heavy (non-hydrogen) atoms. The molecule has 0 aliphatic heterocycles. The van der Waals surface area contributed by atoms with Crippen molar-refractivity contribution in [1.29, 1.82) is 0 Å². The number of esters is 2. The van der Waals surface area contributed by atoms with Crippen LogP contribution in [-0.2, 0) is 35.9 Å². The van der Waals surface area contributed by atoms with Crippen LogP contribution in [0.5, 0.6) is 0 Å². The van der Waals surface area contributed by atoms with E-state index in [1.165, 1.54) is 24.3 Å². The van der Waals surface area contributed by atoms with Crippen molar-refractivity contribution in [3.05, 3.63) is 149 Å². The molecule has 3 N–H and O–H groups in total. The summed E-state index contributed by atoms with van der Waals surface area (Å²) >= 11 is 12.2.